The molecule has 8 nitrogen and oxygen atoms in total. The SMILES string of the molecule is CNC(=O)[C@H](Cc1c[nH]c2ccccc12)NC(=O)[C@@H](CC(=O)NOC)CC(C)C. The minimum Gasteiger partial charge on any atom is -0.361 e. The highest BCUT2D eigenvalue weighted by molar-refractivity contribution is 5.91. The largest absolute Gasteiger partial charge is 0.361 e. The maximum absolute atomic E-state index is 12.9. The number of aromatic nitrogens is 1. The third kappa shape index (κ3) is 6.32. The summed E-state index contributed by atoms with van der Waals surface area (Å²) >= 11 is 0. The lowest BCUT2D eigenvalue weighted by atomic mass is 9.92. The van der Waals surface area contributed by atoms with E-state index in [1.54, 1.807) is 0 Å². The van der Waals surface area contributed by atoms with Crippen LogP contribution in [-0.2, 0) is 25.6 Å². The second-order valence-electron chi connectivity index (χ2n) is 7.50. The van der Waals surface area contributed by atoms with Crippen LogP contribution >= 0.6 is 0 Å². The van der Waals surface area contributed by atoms with Gasteiger partial charge in [-0.1, -0.05) is 32.0 Å². The molecule has 0 aliphatic heterocycles. The molecule has 0 radical (unpaired) electrons. The zero-order valence-corrected chi connectivity index (χ0v) is 17.4. The molecule has 29 heavy (non-hydrogen) atoms. The topological polar surface area (TPSA) is 112 Å². The quantitative estimate of drug-likeness (QED) is 0.453. The number of likely N-dealkylation sites (N-methyl/N-ethyl adjacent to an activating group) is 1. The summed E-state index contributed by atoms with van der Waals surface area (Å²) in [5.74, 6) is -1.32. The van der Waals surface area contributed by atoms with Gasteiger partial charge in [0.25, 0.3) is 0 Å². The van der Waals surface area contributed by atoms with Gasteiger partial charge in [0.1, 0.15) is 6.04 Å². The summed E-state index contributed by atoms with van der Waals surface area (Å²) < 4.78 is 0. The van der Waals surface area contributed by atoms with E-state index in [1.165, 1.54) is 14.2 Å². The molecule has 0 aliphatic carbocycles. The zero-order valence-electron chi connectivity index (χ0n) is 17.4. The van der Waals surface area contributed by atoms with Gasteiger partial charge in [-0.15, -0.1) is 0 Å². The zero-order chi connectivity index (χ0) is 21.4. The summed E-state index contributed by atoms with van der Waals surface area (Å²) in [5.41, 5.74) is 4.15. The van der Waals surface area contributed by atoms with E-state index in [-0.39, 0.29) is 30.1 Å². The second kappa shape index (κ2) is 10.6. The first-order valence-corrected chi connectivity index (χ1v) is 9.74. The van der Waals surface area contributed by atoms with Gasteiger partial charge in [0.2, 0.25) is 17.7 Å². The van der Waals surface area contributed by atoms with Crippen molar-refractivity contribution >= 4 is 28.6 Å². The number of H-pyrrole nitrogens is 1. The van der Waals surface area contributed by atoms with Crippen molar-refractivity contribution in [3.8, 4) is 0 Å². The predicted octanol–water partition coefficient (Wildman–Crippen LogP) is 1.67. The van der Waals surface area contributed by atoms with Gasteiger partial charge in [0, 0.05) is 42.9 Å². The first-order valence-electron chi connectivity index (χ1n) is 9.74. The first kappa shape index (κ1) is 22.4. The van der Waals surface area contributed by atoms with E-state index in [1.807, 2.05) is 44.3 Å². The summed E-state index contributed by atoms with van der Waals surface area (Å²) in [6.07, 6.45) is 2.71. The van der Waals surface area contributed by atoms with Gasteiger partial charge in [-0.2, -0.15) is 0 Å². The van der Waals surface area contributed by atoms with E-state index < -0.39 is 12.0 Å². The fourth-order valence-corrected chi connectivity index (χ4v) is 3.42. The molecule has 0 aliphatic rings. The normalized spacial score (nSPS) is 13.1. The monoisotopic (exact) mass is 402 g/mol. The van der Waals surface area contributed by atoms with Gasteiger partial charge in [-0.3, -0.25) is 19.2 Å². The van der Waals surface area contributed by atoms with Crippen LogP contribution in [0.3, 0.4) is 0 Å². The third-order valence-corrected chi connectivity index (χ3v) is 4.75. The van der Waals surface area contributed by atoms with E-state index in [0.717, 1.165) is 16.5 Å². The van der Waals surface area contributed by atoms with Gasteiger partial charge in [0.05, 0.1) is 7.11 Å². The van der Waals surface area contributed by atoms with Crippen LogP contribution in [0.25, 0.3) is 10.9 Å². The number of para-hydroxylation sites is 1. The molecule has 2 aromatic rings. The van der Waals surface area contributed by atoms with E-state index >= 15 is 0 Å². The number of carbonyl (C=O) groups is 3. The maximum Gasteiger partial charge on any atom is 0.244 e. The van der Waals surface area contributed by atoms with Crippen molar-refractivity contribution in [3.63, 3.8) is 0 Å². The Hall–Kier alpha value is -2.87. The predicted molar refractivity (Wildman–Crippen MR) is 111 cm³/mol. The lowest BCUT2D eigenvalue weighted by Crippen LogP contribution is -2.49. The Bertz CT molecular complexity index is 846. The molecular weight excluding hydrogens is 372 g/mol. The number of nitrogens with one attached hydrogen (secondary N) is 4. The minimum absolute atomic E-state index is 0.00853. The molecule has 0 bridgehead atoms. The molecule has 1 aromatic carbocycles. The number of hydroxylamine groups is 1. The number of hydrogen-bond acceptors (Lipinski definition) is 4. The lowest BCUT2D eigenvalue weighted by Gasteiger charge is -2.22. The molecule has 4 N–H and O–H groups in total. The molecule has 8 heteroatoms. The molecule has 0 saturated heterocycles. The number of aromatic amines is 1. The summed E-state index contributed by atoms with van der Waals surface area (Å²) in [7, 11) is 2.88. The van der Waals surface area contributed by atoms with Crippen molar-refractivity contribution in [2.75, 3.05) is 14.2 Å². The Kier molecular flexibility index (Phi) is 8.21. The number of hydrogen-bond donors (Lipinski definition) is 4. The van der Waals surface area contributed by atoms with Crippen molar-refractivity contribution in [3.05, 3.63) is 36.0 Å². The average molecular weight is 402 g/mol. The Morgan fingerprint density at radius 2 is 1.86 bits per heavy atom. The standard InChI is InChI=1S/C21H30N4O4/c1-13(2)9-14(11-19(26)25-29-4)20(27)24-18(21(28)22-3)10-15-12-23-17-8-6-5-7-16(15)17/h5-8,12-14,18,23H,9-11H2,1-4H3,(H,22,28)(H,24,27)(H,25,26)/t14-,18+/m1/s1. The molecule has 0 spiro atoms. The van der Waals surface area contributed by atoms with E-state index in [0.29, 0.717) is 12.8 Å². The van der Waals surface area contributed by atoms with Crippen LogP contribution in [0, 0.1) is 11.8 Å². The average Bonchev–Trinajstić information content (AvgIpc) is 3.09. The highest BCUT2D eigenvalue weighted by atomic mass is 16.6. The van der Waals surface area contributed by atoms with Crippen LogP contribution < -0.4 is 16.1 Å². The highest BCUT2D eigenvalue weighted by Gasteiger charge is 2.28. The van der Waals surface area contributed by atoms with Crippen LogP contribution in [0.15, 0.2) is 30.5 Å². The number of carbonyl (C=O) groups excluding carboxylic acids is 3. The van der Waals surface area contributed by atoms with Crippen LogP contribution in [0.5, 0.6) is 0 Å². The Morgan fingerprint density at radius 3 is 2.52 bits per heavy atom. The molecule has 0 saturated carbocycles. The van der Waals surface area contributed by atoms with Crippen molar-refractivity contribution in [1.82, 2.24) is 21.1 Å². The summed E-state index contributed by atoms with van der Waals surface area (Å²) in [6, 6.07) is 7.05. The number of benzene rings is 1. The fraction of sp³-hybridized carbons (Fsp3) is 0.476. The summed E-state index contributed by atoms with van der Waals surface area (Å²) in [5, 5.41) is 6.45. The van der Waals surface area contributed by atoms with Crippen LogP contribution in [0.2, 0.25) is 0 Å². The molecule has 1 aromatic heterocycles. The second-order valence-corrected chi connectivity index (χ2v) is 7.50. The van der Waals surface area contributed by atoms with Gasteiger partial charge in [0.15, 0.2) is 0 Å². The number of amides is 3. The fourth-order valence-electron chi connectivity index (χ4n) is 3.42. The van der Waals surface area contributed by atoms with E-state index in [2.05, 4.69) is 25.9 Å². The third-order valence-electron chi connectivity index (χ3n) is 4.75. The van der Waals surface area contributed by atoms with Crippen molar-refractivity contribution < 1.29 is 19.2 Å². The smallest absolute Gasteiger partial charge is 0.244 e. The number of fused-ring (bicyclic) bond motifs is 1. The Labute approximate surface area is 170 Å². The van der Waals surface area contributed by atoms with Gasteiger partial charge in [-0.05, 0) is 24.0 Å². The molecule has 3 amide bonds. The van der Waals surface area contributed by atoms with Crippen LogP contribution in [0.1, 0.15) is 32.3 Å². The summed E-state index contributed by atoms with van der Waals surface area (Å²) in [4.78, 5) is 45.1. The molecule has 0 unspecified atom stereocenters. The van der Waals surface area contributed by atoms with Crippen molar-refractivity contribution in [1.29, 1.82) is 0 Å². The first-order chi connectivity index (χ1) is 13.8. The van der Waals surface area contributed by atoms with Crippen molar-refractivity contribution in [2.45, 2.75) is 39.2 Å². The Balaban J connectivity index is 2.17. The van der Waals surface area contributed by atoms with E-state index in [9.17, 15) is 14.4 Å². The molecule has 1 heterocycles. The molecular formula is C21H30N4O4. The highest BCUT2D eigenvalue weighted by Crippen LogP contribution is 2.20. The van der Waals surface area contributed by atoms with Crippen LogP contribution in [0.4, 0.5) is 0 Å². The molecule has 0 fully saturated rings. The van der Waals surface area contributed by atoms with E-state index in [4.69, 9.17) is 0 Å². The number of rotatable bonds is 10. The minimum atomic E-state index is -0.744. The maximum atomic E-state index is 12.9. The molecule has 2 rings (SSSR count). The van der Waals surface area contributed by atoms with Crippen molar-refractivity contribution in [2.24, 2.45) is 11.8 Å². The lowest BCUT2D eigenvalue weighted by molar-refractivity contribution is -0.137. The van der Waals surface area contributed by atoms with Gasteiger partial charge >= 0.3 is 0 Å². The van der Waals surface area contributed by atoms with Gasteiger partial charge in [-0.25, -0.2) is 5.48 Å². The molecule has 158 valence electrons. The molecule has 2 atom stereocenters. The Morgan fingerprint density at radius 1 is 1.14 bits per heavy atom. The van der Waals surface area contributed by atoms with Crippen LogP contribution in [-0.4, -0.2) is 42.9 Å². The van der Waals surface area contributed by atoms with Gasteiger partial charge < -0.3 is 15.6 Å². The summed E-state index contributed by atoms with van der Waals surface area (Å²) in [6.45, 7) is 3.97.